The van der Waals surface area contributed by atoms with Gasteiger partial charge in [-0.15, -0.1) is 0 Å². The first-order valence-corrected chi connectivity index (χ1v) is 4.82. The smallest absolute Gasteiger partial charge is 0.385 e. The first kappa shape index (κ1) is 10.4. The monoisotopic (exact) mass is 219 g/mol. The van der Waals surface area contributed by atoms with Gasteiger partial charge in [-0.3, -0.25) is 4.79 Å². The molecule has 0 aliphatic carbocycles. The van der Waals surface area contributed by atoms with Gasteiger partial charge in [-0.25, -0.2) is 9.59 Å². The van der Waals surface area contributed by atoms with Crippen LogP contribution in [-0.2, 0) is 9.53 Å². The molecule has 0 aromatic heterocycles. The summed E-state index contributed by atoms with van der Waals surface area (Å²) in [7, 11) is 0. The molecule has 2 bridgehead atoms. The second kappa shape index (κ2) is 3.77. The van der Waals surface area contributed by atoms with Gasteiger partial charge in [0.25, 0.3) is 5.78 Å². The Labute approximate surface area is 91.4 Å². The predicted octanol–water partition coefficient (Wildman–Crippen LogP) is 0.998. The molecule has 5 heteroatoms. The molecule has 0 unspecified atom stereocenters. The zero-order valence-corrected chi connectivity index (χ0v) is 8.57. The number of esters is 2. The summed E-state index contributed by atoms with van der Waals surface area (Å²) in [6.07, 6.45) is 0. The lowest BCUT2D eigenvalue weighted by Gasteiger charge is -2.06. The number of ketones is 1. The molecule has 0 spiro atoms. The molecule has 1 heterocycles. The number of carbonyl (C=O) groups is 3. The largest absolute Gasteiger partial charge is 0.387 e. The first-order valence-electron chi connectivity index (χ1n) is 4.82. The third-order valence-corrected chi connectivity index (χ3v) is 2.24. The zero-order chi connectivity index (χ0) is 11.7. The van der Waals surface area contributed by atoms with Gasteiger partial charge < -0.3 is 10.1 Å². The molecule has 0 saturated carbocycles. The van der Waals surface area contributed by atoms with Crippen LogP contribution in [0.3, 0.4) is 0 Å². The Bertz CT molecular complexity index is 493. The van der Waals surface area contributed by atoms with Gasteiger partial charge in [-0.05, 0) is 25.1 Å². The topological polar surface area (TPSA) is 72.5 Å². The molecule has 0 amide bonds. The summed E-state index contributed by atoms with van der Waals surface area (Å²) in [5, 5.41) is 2.94. The number of hydrogen-bond donors (Lipinski definition) is 1. The molecule has 1 aliphatic rings. The molecule has 16 heavy (non-hydrogen) atoms. The van der Waals surface area contributed by atoms with Gasteiger partial charge in [-0.1, -0.05) is 0 Å². The summed E-state index contributed by atoms with van der Waals surface area (Å²) >= 11 is 0. The van der Waals surface area contributed by atoms with E-state index in [1.807, 2.05) is 6.92 Å². The van der Waals surface area contributed by atoms with E-state index in [0.717, 1.165) is 0 Å². The molecule has 5 nitrogen and oxygen atoms in total. The van der Waals surface area contributed by atoms with Crippen molar-refractivity contribution in [2.45, 2.75) is 6.92 Å². The summed E-state index contributed by atoms with van der Waals surface area (Å²) in [6.45, 7) is 2.48. The lowest BCUT2D eigenvalue weighted by molar-refractivity contribution is -0.132. The highest BCUT2D eigenvalue weighted by molar-refractivity contribution is 6.44. The standard InChI is InChI=1S/C11H9NO4/c1-2-12-8-4-3-6-5-7(8)9(13)11(15)16-10(6)14/h3-5,12H,2H2,1H3. The minimum Gasteiger partial charge on any atom is -0.385 e. The second-order valence-corrected chi connectivity index (χ2v) is 3.30. The third-order valence-electron chi connectivity index (χ3n) is 2.24. The molecule has 0 saturated heterocycles. The maximum Gasteiger partial charge on any atom is 0.387 e. The number of carbonyl (C=O) groups excluding carboxylic acids is 3. The number of rotatable bonds is 2. The number of cyclic esters (lactones) is 2. The Balaban J connectivity index is 2.57. The molecule has 1 aliphatic heterocycles. The summed E-state index contributed by atoms with van der Waals surface area (Å²) in [5.41, 5.74) is 0.911. The van der Waals surface area contributed by atoms with Crippen molar-refractivity contribution in [3.8, 4) is 0 Å². The highest BCUT2D eigenvalue weighted by Crippen LogP contribution is 2.22. The van der Waals surface area contributed by atoms with Crippen LogP contribution in [0.4, 0.5) is 5.69 Å². The average Bonchev–Trinajstić information content (AvgIpc) is 2.35. The van der Waals surface area contributed by atoms with Gasteiger partial charge in [0.1, 0.15) is 0 Å². The number of benzene rings is 1. The van der Waals surface area contributed by atoms with E-state index in [0.29, 0.717) is 12.2 Å². The summed E-state index contributed by atoms with van der Waals surface area (Å²) in [6, 6.07) is 4.47. The van der Waals surface area contributed by atoms with Crippen molar-refractivity contribution in [3.63, 3.8) is 0 Å². The number of nitrogens with one attached hydrogen (secondary N) is 1. The summed E-state index contributed by atoms with van der Waals surface area (Å²) in [4.78, 5) is 34.1. The number of hydrogen-bond acceptors (Lipinski definition) is 5. The van der Waals surface area contributed by atoms with Crippen molar-refractivity contribution in [3.05, 3.63) is 29.3 Å². The van der Waals surface area contributed by atoms with E-state index in [-0.39, 0.29) is 11.1 Å². The van der Waals surface area contributed by atoms with Crippen LogP contribution in [0.5, 0.6) is 0 Å². The van der Waals surface area contributed by atoms with Gasteiger partial charge in [0, 0.05) is 12.2 Å². The second-order valence-electron chi connectivity index (χ2n) is 3.30. The molecule has 1 aromatic carbocycles. The summed E-state index contributed by atoms with van der Waals surface area (Å²) < 4.78 is 4.35. The van der Waals surface area contributed by atoms with Crippen molar-refractivity contribution in [1.29, 1.82) is 0 Å². The third kappa shape index (κ3) is 1.56. The zero-order valence-electron chi connectivity index (χ0n) is 8.57. The Kier molecular flexibility index (Phi) is 2.44. The van der Waals surface area contributed by atoms with Crippen LogP contribution in [0.15, 0.2) is 18.2 Å². The normalized spacial score (nSPS) is 14.4. The molecule has 82 valence electrons. The van der Waals surface area contributed by atoms with Gasteiger partial charge in [0.05, 0.1) is 11.1 Å². The van der Waals surface area contributed by atoms with Crippen LogP contribution < -0.4 is 5.32 Å². The van der Waals surface area contributed by atoms with Crippen LogP contribution in [0.1, 0.15) is 27.6 Å². The first-order chi connectivity index (χ1) is 7.63. The van der Waals surface area contributed by atoms with E-state index in [1.54, 1.807) is 6.07 Å². The molecule has 1 N–H and O–H groups in total. The SMILES string of the molecule is CCNc1ccc2cc1C(=O)C(=O)OC2=O. The fourth-order valence-corrected chi connectivity index (χ4v) is 1.50. The van der Waals surface area contributed by atoms with Gasteiger partial charge in [-0.2, -0.15) is 0 Å². The summed E-state index contributed by atoms with van der Waals surface area (Å²) in [5.74, 6) is -2.73. The molecule has 2 rings (SSSR count). The number of anilines is 1. The van der Waals surface area contributed by atoms with Crippen molar-refractivity contribution in [2.24, 2.45) is 0 Å². The van der Waals surface area contributed by atoms with Crippen molar-refractivity contribution in [2.75, 3.05) is 11.9 Å². The molecule has 0 fully saturated rings. The minimum atomic E-state index is -1.13. The number of fused-ring (bicyclic) bond motifs is 2. The lowest BCUT2D eigenvalue weighted by Crippen LogP contribution is -2.18. The van der Waals surface area contributed by atoms with Crippen LogP contribution in [-0.4, -0.2) is 24.3 Å². The van der Waals surface area contributed by atoms with E-state index < -0.39 is 17.7 Å². The Morgan fingerprint density at radius 2 is 1.94 bits per heavy atom. The van der Waals surface area contributed by atoms with E-state index in [9.17, 15) is 14.4 Å². The van der Waals surface area contributed by atoms with Crippen molar-refractivity contribution in [1.82, 2.24) is 0 Å². The Morgan fingerprint density at radius 1 is 1.19 bits per heavy atom. The van der Waals surface area contributed by atoms with Crippen LogP contribution >= 0.6 is 0 Å². The average molecular weight is 219 g/mol. The maximum atomic E-state index is 11.6. The minimum absolute atomic E-state index is 0.176. The van der Waals surface area contributed by atoms with Crippen LogP contribution in [0.25, 0.3) is 0 Å². The van der Waals surface area contributed by atoms with E-state index in [1.165, 1.54) is 12.1 Å². The van der Waals surface area contributed by atoms with Crippen molar-refractivity contribution >= 4 is 23.4 Å². The quantitative estimate of drug-likeness (QED) is 0.456. The fraction of sp³-hybridized carbons (Fsp3) is 0.182. The highest BCUT2D eigenvalue weighted by Gasteiger charge is 2.29. The molecule has 0 atom stereocenters. The molecular formula is C11H9NO4. The highest BCUT2D eigenvalue weighted by atomic mass is 16.6. The van der Waals surface area contributed by atoms with E-state index in [4.69, 9.17) is 0 Å². The number of ether oxygens (including phenoxy) is 1. The van der Waals surface area contributed by atoms with E-state index >= 15 is 0 Å². The van der Waals surface area contributed by atoms with Crippen LogP contribution in [0, 0.1) is 0 Å². The Hall–Kier alpha value is -2.17. The molecule has 1 aromatic rings. The van der Waals surface area contributed by atoms with Gasteiger partial charge >= 0.3 is 11.9 Å². The van der Waals surface area contributed by atoms with Gasteiger partial charge in [0.15, 0.2) is 0 Å². The number of Topliss-reactive ketones (excluding diaryl/α,β-unsaturated/α-hetero) is 1. The maximum absolute atomic E-state index is 11.6. The predicted molar refractivity (Wildman–Crippen MR) is 55.4 cm³/mol. The van der Waals surface area contributed by atoms with Crippen molar-refractivity contribution < 1.29 is 19.1 Å². The molecule has 0 radical (unpaired) electrons. The fourth-order valence-electron chi connectivity index (χ4n) is 1.50. The lowest BCUT2D eigenvalue weighted by atomic mass is 10.1. The van der Waals surface area contributed by atoms with E-state index in [2.05, 4.69) is 10.1 Å². The van der Waals surface area contributed by atoms with Crippen LogP contribution in [0.2, 0.25) is 0 Å². The Morgan fingerprint density at radius 3 is 2.62 bits per heavy atom. The molecular weight excluding hydrogens is 210 g/mol. The van der Waals surface area contributed by atoms with Gasteiger partial charge in [0.2, 0.25) is 0 Å².